The number of halogens is 1. The normalized spacial score (nSPS) is 15.0. The van der Waals surface area contributed by atoms with E-state index in [-0.39, 0.29) is 10.7 Å². The molecule has 166 valence electrons. The fourth-order valence-corrected chi connectivity index (χ4v) is 4.23. The molecule has 0 bridgehead atoms. The number of amides is 2. The minimum Gasteiger partial charge on any atom is -0.464 e. The second-order valence-corrected chi connectivity index (χ2v) is 8.38. The van der Waals surface area contributed by atoms with Crippen molar-refractivity contribution in [2.75, 3.05) is 4.90 Å². The Kier molecular flexibility index (Phi) is 5.84. The Morgan fingerprint density at radius 2 is 1.47 bits per heavy atom. The van der Waals surface area contributed by atoms with Crippen LogP contribution in [-0.2, 0) is 9.59 Å². The molecule has 0 unspecified atom stereocenters. The summed E-state index contributed by atoms with van der Waals surface area (Å²) in [7, 11) is 0. The van der Waals surface area contributed by atoms with E-state index < -0.39 is 11.8 Å². The van der Waals surface area contributed by atoms with Crippen molar-refractivity contribution in [1.82, 2.24) is 5.32 Å². The van der Waals surface area contributed by atoms with Gasteiger partial charge in [0.15, 0.2) is 5.11 Å². The Bertz CT molecular complexity index is 1430. The lowest BCUT2D eigenvalue weighted by molar-refractivity contribution is -0.122. The first-order valence-corrected chi connectivity index (χ1v) is 11.2. The summed E-state index contributed by atoms with van der Waals surface area (Å²) in [6, 6.07) is 26.1. The number of anilines is 1. The minimum atomic E-state index is -0.586. The molecule has 0 radical (unpaired) electrons. The fraction of sp³-hybridized carbons (Fsp3) is 0. The molecule has 1 aliphatic rings. The van der Waals surface area contributed by atoms with Crippen molar-refractivity contribution < 1.29 is 14.0 Å². The lowest BCUT2D eigenvalue weighted by atomic mass is 9.96. The molecular weight excluding hydrogens is 468 g/mol. The van der Waals surface area contributed by atoms with E-state index in [2.05, 4.69) is 5.32 Å². The second kappa shape index (κ2) is 9.09. The number of furan rings is 1. The zero-order valence-electron chi connectivity index (χ0n) is 17.7. The van der Waals surface area contributed by atoms with Gasteiger partial charge >= 0.3 is 0 Å². The van der Waals surface area contributed by atoms with Crippen LogP contribution in [0, 0.1) is 0 Å². The van der Waals surface area contributed by atoms with E-state index in [0.29, 0.717) is 16.5 Å². The van der Waals surface area contributed by atoms with E-state index in [1.807, 2.05) is 60.7 Å². The van der Waals surface area contributed by atoms with Crippen LogP contribution in [0.3, 0.4) is 0 Å². The Morgan fingerprint density at radius 3 is 2.12 bits per heavy atom. The zero-order valence-corrected chi connectivity index (χ0v) is 19.3. The van der Waals surface area contributed by atoms with Gasteiger partial charge in [0.2, 0.25) is 0 Å². The van der Waals surface area contributed by atoms with Gasteiger partial charge in [-0.25, -0.2) is 0 Å². The standard InChI is InChI=1S/C27H17ClN2O3S/c28-19-11-13-20(14-12-19)30-26(32)21(25(31)29-27(30)34)15-23-24(18-9-5-2-6-10-18)22(16-33-23)17-7-3-1-4-8-17/h1-16H,(H,29,31,34)/b21-15+. The molecule has 5 nitrogen and oxygen atoms in total. The van der Waals surface area contributed by atoms with Crippen LogP contribution in [0.25, 0.3) is 28.3 Å². The molecule has 3 aromatic carbocycles. The van der Waals surface area contributed by atoms with Crippen molar-refractivity contribution in [3.63, 3.8) is 0 Å². The van der Waals surface area contributed by atoms with Crippen LogP contribution in [0.2, 0.25) is 5.02 Å². The van der Waals surface area contributed by atoms with Crippen LogP contribution in [-0.4, -0.2) is 16.9 Å². The van der Waals surface area contributed by atoms with Crippen LogP contribution in [0.1, 0.15) is 5.76 Å². The lowest BCUT2D eigenvalue weighted by Crippen LogP contribution is -2.54. The van der Waals surface area contributed by atoms with E-state index in [1.165, 1.54) is 11.0 Å². The maximum Gasteiger partial charge on any atom is 0.270 e. The van der Waals surface area contributed by atoms with E-state index in [1.54, 1.807) is 30.5 Å². The molecule has 1 N–H and O–H groups in total. The Labute approximate surface area is 206 Å². The number of benzene rings is 3. The van der Waals surface area contributed by atoms with Gasteiger partial charge in [-0.05, 0) is 53.7 Å². The van der Waals surface area contributed by atoms with Gasteiger partial charge in [-0.2, -0.15) is 0 Å². The summed E-state index contributed by atoms with van der Waals surface area (Å²) in [5, 5.41) is 3.12. The number of carbonyl (C=O) groups excluding carboxylic acids is 2. The first kappa shape index (κ1) is 21.8. The summed E-state index contributed by atoms with van der Waals surface area (Å²) < 4.78 is 5.91. The highest BCUT2D eigenvalue weighted by molar-refractivity contribution is 7.80. The van der Waals surface area contributed by atoms with Crippen LogP contribution < -0.4 is 10.2 Å². The smallest absolute Gasteiger partial charge is 0.270 e. The number of rotatable bonds is 4. The molecule has 7 heteroatoms. The molecule has 2 amide bonds. The molecule has 1 aliphatic heterocycles. The molecule has 1 fully saturated rings. The molecule has 2 heterocycles. The number of hydrogen-bond donors (Lipinski definition) is 1. The largest absolute Gasteiger partial charge is 0.464 e. The van der Waals surface area contributed by atoms with Gasteiger partial charge in [0.25, 0.3) is 11.8 Å². The lowest BCUT2D eigenvalue weighted by Gasteiger charge is -2.28. The molecule has 4 aromatic rings. The zero-order chi connectivity index (χ0) is 23.7. The topological polar surface area (TPSA) is 62.6 Å². The molecule has 0 saturated carbocycles. The maximum atomic E-state index is 13.4. The predicted molar refractivity (Wildman–Crippen MR) is 137 cm³/mol. The molecule has 1 saturated heterocycles. The van der Waals surface area contributed by atoms with Gasteiger partial charge in [0.05, 0.1) is 12.0 Å². The van der Waals surface area contributed by atoms with Crippen LogP contribution >= 0.6 is 23.8 Å². The number of thiocarbonyl (C=S) groups is 1. The monoisotopic (exact) mass is 484 g/mol. The summed E-state index contributed by atoms with van der Waals surface area (Å²) in [4.78, 5) is 27.5. The second-order valence-electron chi connectivity index (χ2n) is 7.55. The first-order valence-electron chi connectivity index (χ1n) is 10.4. The number of hydrogen-bond acceptors (Lipinski definition) is 4. The first-order chi connectivity index (χ1) is 16.5. The summed E-state index contributed by atoms with van der Waals surface area (Å²) >= 11 is 11.3. The van der Waals surface area contributed by atoms with Crippen molar-refractivity contribution in [3.8, 4) is 22.3 Å². The third-order valence-corrected chi connectivity index (χ3v) is 5.97. The average Bonchev–Trinajstić information content (AvgIpc) is 3.27. The molecule has 0 aliphatic carbocycles. The van der Waals surface area contributed by atoms with Crippen molar-refractivity contribution in [2.45, 2.75) is 0 Å². The molecule has 0 spiro atoms. The molecule has 34 heavy (non-hydrogen) atoms. The van der Waals surface area contributed by atoms with E-state index in [4.69, 9.17) is 28.2 Å². The SMILES string of the molecule is O=C1NC(=S)N(c2ccc(Cl)cc2)C(=O)/C1=C/c1occ(-c2ccccc2)c1-c1ccccc1. The molecule has 1 aromatic heterocycles. The van der Waals surface area contributed by atoms with Crippen molar-refractivity contribution in [2.24, 2.45) is 0 Å². The number of carbonyl (C=O) groups is 2. The van der Waals surface area contributed by atoms with E-state index in [0.717, 1.165) is 22.3 Å². The summed E-state index contributed by atoms with van der Waals surface area (Å²) in [5.74, 6) is -0.739. The highest BCUT2D eigenvalue weighted by Gasteiger charge is 2.35. The summed E-state index contributed by atoms with van der Waals surface area (Å²) in [6.07, 6.45) is 3.11. The van der Waals surface area contributed by atoms with E-state index in [9.17, 15) is 9.59 Å². The molecule has 0 atom stereocenters. The van der Waals surface area contributed by atoms with Crippen molar-refractivity contribution >= 4 is 52.5 Å². The summed E-state index contributed by atoms with van der Waals surface area (Å²) in [5.41, 5.74) is 3.90. The highest BCUT2D eigenvalue weighted by atomic mass is 35.5. The van der Waals surface area contributed by atoms with Gasteiger partial charge in [0.1, 0.15) is 11.3 Å². The third-order valence-electron chi connectivity index (χ3n) is 5.43. The van der Waals surface area contributed by atoms with Gasteiger partial charge in [-0.1, -0.05) is 72.3 Å². The number of nitrogens with zero attached hydrogens (tertiary/aromatic N) is 1. The van der Waals surface area contributed by atoms with Gasteiger partial charge in [-0.3, -0.25) is 19.8 Å². The third kappa shape index (κ3) is 4.05. The van der Waals surface area contributed by atoms with Crippen LogP contribution in [0.4, 0.5) is 5.69 Å². The minimum absolute atomic E-state index is 0.00201. The van der Waals surface area contributed by atoms with Crippen molar-refractivity contribution in [3.05, 3.63) is 108 Å². The average molecular weight is 485 g/mol. The fourth-order valence-electron chi connectivity index (χ4n) is 3.83. The van der Waals surface area contributed by atoms with Crippen molar-refractivity contribution in [1.29, 1.82) is 0 Å². The quantitative estimate of drug-likeness (QED) is 0.216. The summed E-state index contributed by atoms with van der Waals surface area (Å²) in [6.45, 7) is 0. The van der Waals surface area contributed by atoms with E-state index >= 15 is 0 Å². The highest BCUT2D eigenvalue weighted by Crippen LogP contribution is 2.38. The van der Waals surface area contributed by atoms with Gasteiger partial charge in [-0.15, -0.1) is 0 Å². The maximum absolute atomic E-state index is 13.4. The molecule has 5 rings (SSSR count). The Balaban J connectivity index is 1.63. The van der Waals surface area contributed by atoms with Gasteiger partial charge in [0, 0.05) is 16.1 Å². The van der Waals surface area contributed by atoms with Gasteiger partial charge < -0.3 is 4.42 Å². The molecular formula is C27H17ClN2O3S. The van der Waals surface area contributed by atoms with Crippen LogP contribution in [0.5, 0.6) is 0 Å². The van der Waals surface area contributed by atoms with Crippen LogP contribution in [0.15, 0.2) is 101 Å². The predicted octanol–water partition coefficient (Wildman–Crippen LogP) is 6.10. The Morgan fingerprint density at radius 1 is 0.853 bits per heavy atom. The Hall–Kier alpha value is -4.00. The number of nitrogens with one attached hydrogen (secondary N) is 1.